The topological polar surface area (TPSA) is 59.1 Å². The van der Waals surface area contributed by atoms with Gasteiger partial charge in [0.1, 0.15) is 6.10 Å². The maximum absolute atomic E-state index is 10.3. The number of ether oxygens (including phenoxy) is 2. The molecule has 0 aromatic carbocycles. The highest BCUT2D eigenvalue weighted by molar-refractivity contribution is 5.57. The van der Waals surface area contributed by atoms with Gasteiger partial charge in [-0.25, -0.2) is 4.79 Å². The molecule has 4 atom stereocenters. The molecule has 1 N–H and O–H groups in total. The largest absolute Gasteiger partial charge is 0.506 e. The van der Waals surface area contributed by atoms with Crippen LogP contribution in [0, 0.1) is 5.92 Å². The van der Waals surface area contributed by atoms with Crippen molar-refractivity contribution in [2.45, 2.75) is 38.1 Å². The zero-order valence-electron chi connectivity index (χ0n) is 6.90. The van der Waals surface area contributed by atoms with Crippen LogP contribution in [0.3, 0.4) is 0 Å². The second-order valence-corrected chi connectivity index (χ2v) is 3.58. The van der Waals surface area contributed by atoms with Crippen LogP contribution in [-0.2, 0) is 9.47 Å². The van der Waals surface area contributed by atoms with Gasteiger partial charge in [0.2, 0.25) is 0 Å². The normalized spacial score (nSPS) is 44.8. The SMILES string of the molecule is CC1CC2OC2CC1OC(=O)O. The lowest BCUT2D eigenvalue weighted by molar-refractivity contribution is 0.0162. The fourth-order valence-electron chi connectivity index (χ4n) is 1.87. The molecule has 4 nitrogen and oxygen atoms in total. The molecule has 68 valence electrons. The number of carbonyl (C=O) groups is 1. The van der Waals surface area contributed by atoms with Crippen molar-refractivity contribution in [1.82, 2.24) is 0 Å². The minimum atomic E-state index is -1.18. The van der Waals surface area contributed by atoms with Crippen LogP contribution < -0.4 is 0 Å². The van der Waals surface area contributed by atoms with E-state index in [0.29, 0.717) is 12.0 Å². The molecular weight excluding hydrogens is 160 g/mol. The average Bonchev–Trinajstić information content (AvgIpc) is 2.65. The lowest BCUT2D eigenvalue weighted by Gasteiger charge is -2.24. The second-order valence-electron chi connectivity index (χ2n) is 3.58. The van der Waals surface area contributed by atoms with E-state index < -0.39 is 6.16 Å². The molecule has 1 aliphatic carbocycles. The molecule has 0 bridgehead atoms. The fourth-order valence-corrected chi connectivity index (χ4v) is 1.87. The third-order valence-electron chi connectivity index (χ3n) is 2.64. The van der Waals surface area contributed by atoms with E-state index in [0.717, 1.165) is 12.8 Å². The predicted molar refractivity (Wildman–Crippen MR) is 40.0 cm³/mol. The summed E-state index contributed by atoms with van der Waals surface area (Å²) in [6, 6.07) is 0. The van der Waals surface area contributed by atoms with E-state index in [4.69, 9.17) is 14.6 Å². The Bertz CT molecular complexity index is 203. The third kappa shape index (κ3) is 1.39. The number of carboxylic acid groups (broad SMARTS) is 1. The summed E-state index contributed by atoms with van der Waals surface area (Å²) in [6.07, 6.45) is 0.984. The molecule has 12 heavy (non-hydrogen) atoms. The molecule has 0 radical (unpaired) electrons. The van der Waals surface area contributed by atoms with Crippen molar-refractivity contribution in [2.24, 2.45) is 5.92 Å². The summed E-state index contributed by atoms with van der Waals surface area (Å²) in [5.74, 6) is 0.296. The standard InChI is InChI=1S/C8H12O4/c1-4-2-6-7(11-6)3-5(4)12-8(9)10/h4-7H,2-3H2,1H3,(H,9,10). The van der Waals surface area contributed by atoms with E-state index in [1.807, 2.05) is 6.92 Å². The second kappa shape index (κ2) is 2.62. The van der Waals surface area contributed by atoms with E-state index in [9.17, 15) is 4.79 Å². The zero-order valence-corrected chi connectivity index (χ0v) is 6.90. The van der Waals surface area contributed by atoms with Gasteiger partial charge >= 0.3 is 6.16 Å². The van der Waals surface area contributed by atoms with Crippen LogP contribution in [-0.4, -0.2) is 29.6 Å². The molecule has 4 heteroatoms. The van der Waals surface area contributed by atoms with Crippen molar-refractivity contribution in [3.05, 3.63) is 0 Å². The van der Waals surface area contributed by atoms with Gasteiger partial charge in [0.05, 0.1) is 12.2 Å². The summed E-state index contributed by atoms with van der Waals surface area (Å²) in [7, 11) is 0. The first-order valence-electron chi connectivity index (χ1n) is 4.22. The Morgan fingerprint density at radius 3 is 2.83 bits per heavy atom. The number of hydrogen-bond donors (Lipinski definition) is 1. The Morgan fingerprint density at radius 2 is 2.17 bits per heavy atom. The Labute approximate surface area is 70.5 Å². The Morgan fingerprint density at radius 1 is 1.50 bits per heavy atom. The van der Waals surface area contributed by atoms with Gasteiger partial charge < -0.3 is 14.6 Å². The molecule has 1 saturated carbocycles. The van der Waals surface area contributed by atoms with Crippen molar-refractivity contribution in [2.75, 3.05) is 0 Å². The van der Waals surface area contributed by atoms with Crippen LogP contribution in [0.25, 0.3) is 0 Å². The minimum absolute atomic E-state index is 0.161. The first kappa shape index (κ1) is 7.86. The molecular formula is C8H12O4. The Hall–Kier alpha value is -0.770. The molecule has 2 aliphatic rings. The van der Waals surface area contributed by atoms with Crippen molar-refractivity contribution in [3.63, 3.8) is 0 Å². The van der Waals surface area contributed by atoms with Gasteiger partial charge in [0, 0.05) is 6.42 Å². The highest BCUT2D eigenvalue weighted by atomic mass is 16.7. The number of epoxide rings is 1. The van der Waals surface area contributed by atoms with Crippen LogP contribution in [0.5, 0.6) is 0 Å². The lowest BCUT2D eigenvalue weighted by Crippen LogP contribution is -2.31. The summed E-state index contributed by atoms with van der Waals surface area (Å²) in [5.41, 5.74) is 0. The van der Waals surface area contributed by atoms with Gasteiger partial charge in [-0.15, -0.1) is 0 Å². The molecule has 0 aromatic rings. The smallest absolute Gasteiger partial charge is 0.450 e. The maximum Gasteiger partial charge on any atom is 0.506 e. The van der Waals surface area contributed by atoms with Crippen molar-refractivity contribution < 1.29 is 19.4 Å². The molecule has 2 rings (SSSR count). The summed E-state index contributed by atoms with van der Waals surface area (Å²) < 4.78 is 10.0. The molecule has 4 unspecified atom stereocenters. The van der Waals surface area contributed by atoms with E-state index in [1.54, 1.807) is 0 Å². The first-order valence-corrected chi connectivity index (χ1v) is 4.22. The highest BCUT2D eigenvalue weighted by Gasteiger charge is 2.48. The van der Waals surface area contributed by atoms with Crippen LogP contribution in [0.1, 0.15) is 19.8 Å². The minimum Gasteiger partial charge on any atom is -0.450 e. The summed E-state index contributed by atoms with van der Waals surface area (Å²) in [4.78, 5) is 10.3. The van der Waals surface area contributed by atoms with Crippen molar-refractivity contribution in [3.8, 4) is 0 Å². The number of fused-ring (bicyclic) bond motifs is 1. The Kier molecular flexibility index (Phi) is 1.72. The molecule has 2 fully saturated rings. The summed E-state index contributed by atoms with van der Waals surface area (Å²) >= 11 is 0. The molecule has 1 saturated heterocycles. The van der Waals surface area contributed by atoms with Gasteiger partial charge in [0.15, 0.2) is 0 Å². The predicted octanol–water partition coefficient (Wildman–Crippen LogP) is 1.25. The Balaban J connectivity index is 1.91. The van der Waals surface area contributed by atoms with Gasteiger partial charge in [-0.05, 0) is 12.3 Å². The van der Waals surface area contributed by atoms with Gasteiger partial charge in [-0.3, -0.25) is 0 Å². The number of hydrogen-bond acceptors (Lipinski definition) is 3. The van der Waals surface area contributed by atoms with E-state index in [1.165, 1.54) is 0 Å². The fraction of sp³-hybridized carbons (Fsp3) is 0.875. The van der Waals surface area contributed by atoms with Crippen LogP contribution >= 0.6 is 0 Å². The van der Waals surface area contributed by atoms with Crippen molar-refractivity contribution >= 4 is 6.16 Å². The van der Waals surface area contributed by atoms with Gasteiger partial charge in [0.25, 0.3) is 0 Å². The maximum atomic E-state index is 10.3. The number of rotatable bonds is 1. The quantitative estimate of drug-likeness (QED) is 0.477. The van der Waals surface area contributed by atoms with Crippen LogP contribution in [0.4, 0.5) is 4.79 Å². The molecule has 1 aliphatic heterocycles. The molecule has 0 aromatic heterocycles. The summed E-state index contributed by atoms with van der Waals surface area (Å²) in [6.45, 7) is 2.01. The third-order valence-corrected chi connectivity index (χ3v) is 2.64. The van der Waals surface area contributed by atoms with E-state index in [2.05, 4.69) is 0 Å². The van der Waals surface area contributed by atoms with Crippen LogP contribution in [0.2, 0.25) is 0 Å². The zero-order chi connectivity index (χ0) is 8.72. The van der Waals surface area contributed by atoms with E-state index in [-0.39, 0.29) is 12.2 Å². The van der Waals surface area contributed by atoms with Crippen LogP contribution in [0.15, 0.2) is 0 Å². The average molecular weight is 172 g/mol. The summed E-state index contributed by atoms with van der Waals surface area (Å²) in [5, 5.41) is 8.42. The van der Waals surface area contributed by atoms with Gasteiger partial charge in [-0.2, -0.15) is 0 Å². The first-order chi connectivity index (χ1) is 5.66. The highest BCUT2D eigenvalue weighted by Crippen LogP contribution is 2.40. The van der Waals surface area contributed by atoms with Gasteiger partial charge in [-0.1, -0.05) is 6.92 Å². The van der Waals surface area contributed by atoms with Crippen molar-refractivity contribution in [1.29, 1.82) is 0 Å². The molecule has 1 heterocycles. The molecule has 0 amide bonds. The molecule has 0 spiro atoms. The lowest BCUT2D eigenvalue weighted by atomic mass is 9.88. The van der Waals surface area contributed by atoms with E-state index >= 15 is 0 Å². The monoisotopic (exact) mass is 172 g/mol.